The lowest BCUT2D eigenvalue weighted by molar-refractivity contribution is 0.356. The number of rotatable bonds is 6. The van der Waals surface area contributed by atoms with Crippen molar-refractivity contribution >= 4 is 16.7 Å². The summed E-state index contributed by atoms with van der Waals surface area (Å²) in [5.41, 5.74) is 2.74. The first kappa shape index (κ1) is 18.6. The van der Waals surface area contributed by atoms with Crippen LogP contribution in [0.2, 0.25) is 0 Å². The lowest BCUT2D eigenvalue weighted by Gasteiger charge is -2.18. The molecule has 1 unspecified atom stereocenters. The quantitative estimate of drug-likeness (QED) is 0.515. The van der Waals surface area contributed by atoms with Gasteiger partial charge in [-0.1, -0.05) is 18.2 Å². The number of hydrogen-bond donors (Lipinski definition) is 2. The third kappa shape index (κ3) is 3.66. The zero-order valence-corrected chi connectivity index (χ0v) is 16.6. The molecule has 0 fully saturated rings. The first-order chi connectivity index (χ1) is 14.1. The van der Waals surface area contributed by atoms with Gasteiger partial charge in [0.15, 0.2) is 11.5 Å². The van der Waals surface area contributed by atoms with Crippen molar-refractivity contribution in [2.24, 2.45) is 0 Å². The van der Waals surface area contributed by atoms with Crippen LogP contribution in [0.15, 0.2) is 36.4 Å². The number of hydrogen-bond acceptors (Lipinski definition) is 8. The number of aromatic amines is 1. The lowest BCUT2D eigenvalue weighted by Crippen LogP contribution is -2.10. The highest BCUT2D eigenvalue weighted by atomic mass is 16.5. The van der Waals surface area contributed by atoms with Gasteiger partial charge < -0.3 is 14.8 Å². The normalized spacial score (nSPS) is 12.0. The van der Waals surface area contributed by atoms with Crippen LogP contribution >= 0.6 is 0 Å². The molecular weight excluding hydrogens is 370 g/mol. The first-order valence-electron chi connectivity index (χ1n) is 9.09. The van der Waals surface area contributed by atoms with Crippen molar-refractivity contribution in [2.45, 2.75) is 19.9 Å². The van der Waals surface area contributed by atoms with Crippen LogP contribution in [0.25, 0.3) is 22.3 Å². The minimum absolute atomic E-state index is 0.0209. The zero-order chi connectivity index (χ0) is 20.4. The van der Waals surface area contributed by atoms with E-state index in [9.17, 15) is 0 Å². The van der Waals surface area contributed by atoms with Crippen molar-refractivity contribution in [3.8, 4) is 22.9 Å². The van der Waals surface area contributed by atoms with E-state index in [1.807, 2.05) is 43.3 Å². The fourth-order valence-corrected chi connectivity index (χ4v) is 3.20. The second-order valence-electron chi connectivity index (χ2n) is 6.57. The van der Waals surface area contributed by atoms with Gasteiger partial charge in [-0.3, -0.25) is 0 Å². The highest BCUT2D eigenvalue weighted by Crippen LogP contribution is 2.35. The number of nitrogens with zero attached hydrogens (tertiary/aromatic N) is 5. The Morgan fingerprint density at radius 1 is 1.03 bits per heavy atom. The fraction of sp³-hybridized carbons (Fsp3) is 0.250. The molecule has 148 valence electrons. The van der Waals surface area contributed by atoms with Crippen LogP contribution in [0.5, 0.6) is 11.5 Å². The molecule has 1 atom stereocenters. The van der Waals surface area contributed by atoms with E-state index in [-0.39, 0.29) is 6.04 Å². The summed E-state index contributed by atoms with van der Waals surface area (Å²) in [6, 6.07) is 11.7. The molecule has 0 aliphatic rings. The van der Waals surface area contributed by atoms with Crippen molar-refractivity contribution in [3.05, 3.63) is 47.8 Å². The van der Waals surface area contributed by atoms with Crippen LogP contribution in [-0.4, -0.2) is 44.8 Å². The van der Waals surface area contributed by atoms with Gasteiger partial charge in [0, 0.05) is 23.1 Å². The van der Waals surface area contributed by atoms with Gasteiger partial charge in [0.1, 0.15) is 11.6 Å². The molecule has 0 amide bonds. The van der Waals surface area contributed by atoms with E-state index in [4.69, 9.17) is 9.47 Å². The molecule has 0 aliphatic carbocycles. The molecule has 9 nitrogen and oxygen atoms in total. The molecule has 0 bridgehead atoms. The van der Waals surface area contributed by atoms with E-state index in [1.54, 1.807) is 14.2 Å². The first-order valence-corrected chi connectivity index (χ1v) is 9.09. The van der Waals surface area contributed by atoms with Crippen LogP contribution in [0.1, 0.15) is 24.4 Å². The van der Waals surface area contributed by atoms with Crippen LogP contribution in [0.4, 0.5) is 5.82 Å². The number of aryl methyl sites for hydroxylation is 1. The number of methoxy groups -OCH3 is 2. The van der Waals surface area contributed by atoms with Crippen LogP contribution in [-0.2, 0) is 0 Å². The predicted octanol–water partition coefficient (Wildman–Crippen LogP) is 3.31. The molecule has 0 radical (unpaired) electrons. The van der Waals surface area contributed by atoms with Crippen molar-refractivity contribution in [1.82, 2.24) is 30.6 Å². The van der Waals surface area contributed by atoms with Gasteiger partial charge >= 0.3 is 0 Å². The minimum Gasteiger partial charge on any atom is -0.493 e. The van der Waals surface area contributed by atoms with E-state index in [0.717, 1.165) is 27.8 Å². The Balaban J connectivity index is 1.71. The van der Waals surface area contributed by atoms with Crippen molar-refractivity contribution in [2.75, 3.05) is 19.5 Å². The molecule has 0 aliphatic heterocycles. The van der Waals surface area contributed by atoms with E-state index < -0.39 is 0 Å². The summed E-state index contributed by atoms with van der Waals surface area (Å²) < 4.78 is 10.8. The molecule has 2 aromatic carbocycles. The number of ether oxygens (including phenoxy) is 2. The molecule has 4 aromatic rings. The summed E-state index contributed by atoms with van der Waals surface area (Å²) in [6.45, 7) is 3.93. The Morgan fingerprint density at radius 2 is 1.83 bits per heavy atom. The standard InChI is InChI=1S/C20H21N7O2/c1-11(13-6-5-7-14(8-13)19-24-26-27-25-19)21-20-15-9-17(28-3)18(29-4)10-16(15)22-12(2)23-20/h5-11H,1-4H3,(H,21,22,23)(H,24,25,26,27). The van der Waals surface area contributed by atoms with Crippen molar-refractivity contribution in [3.63, 3.8) is 0 Å². The van der Waals surface area contributed by atoms with E-state index in [0.29, 0.717) is 23.1 Å². The summed E-state index contributed by atoms with van der Waals surface area (Å²) in [7, 11) is 3.22. The maximum Gasteiger partial charge on any atom is 0.204 e. The Kier molecular flexibility index (Phi) is 4.94. The number of benzene rings is 2. The van der Waals surface area contributed by atoms with Gasteiger partial charge in [0.2, 0.25) is 5.82 Å². The number of fused-ring (bicyclic) bond motifs is 1. The second kappa shape index (κ2) is 7.70. The highest BCUT2D eigenvalue weighted by molar-refractivity contribution is 5.92. The molecule has 2 N–H and O–H groups in total. The van der Waals surface area contributed by atoms with Crippen molar-refractivity contribution < 1.29 is 9.47 Å². The SMILES string of the molecule is COc1cc2nc(C)nc(NC(C)c3cccc(-c4nn[nH]n4)c3)c2cc1OC. The summed E-state index contributed by atoms with van der Waals surface area (Å²) in [4.78, 5) is 9.15. The molecule has 0 spiro atoms. The van der Waals surface area contributed by atoms with Crippen LogP contribution in [0, 0.1) is 6.92 Å². The monoisotopic (exact) mass is 391 g/mol. The Hall–Kier alpha value is -3.75. The van der Waals surface area contributed by atoms with E-state index in [1.165, 1.54) is 0 Å². The smallest absolute Gasteiger partial charge is 0.204 e. The molecule has 9 heteroatoms. The summed E-state index contributed by atoms with van der Waals surface area (Å²) in [6.07, 6.45) is 0. The van der Waals surface area contributed by atoms with Crippen LogP contribution in [0.3, 0.4) is 0 Å². The summed E-state index contributed by atoms with van der Waals surface area (Å²) >= 11 is 0. The molecule has 2 aromatic heterocycles. The Bertz CT molecular complexity index is 1150. The van der Waals surface area contributed by atoms with Gasteiger partial charge in [-0.25, -0.2) is 9.97 Å². The molecule has 4 rings (SSSR count). The highest BCUT2D eigenvalue weighted by Gasteiger charge is 2.15. The van der Waals surface area contributed by atoms with Gasteiger partial charge in [-0.2, -0.15) is 5.21 Å². The number of tetrazole rings is 1. The molecule has 0 saturated carbocycles. The largest absolute Gasteiger partial charge is 0.493 e. The zero-order valence-electron chi connectivity index (χ0n) is 16.6. The topological polar surface area (TPSA) is 111 Å². The lowest BCUT2D eigenvalue weighted by atomic mass is 10.0. The fourth-order valence-electron chi connectivity index (χ4n) is 3.20. The number of nitrogens with one attached hydrogen (secondary N) is 2. The molecule has 2 heterocycles. The molecular formula is C20H21N7O2. The summed E-state index contributed by atoms with van der Waals surface area (Å²) in [5.74, 6) is 3.21. The number of H-pyrrole nitrogens is 1. The maximum absolute atomic E-state index is 5.45. The Morgan fingerprint density at radius 3 is 2.55 bits per heavy atom. The number of anilines is 1. The predicted molar refractivity (Wildman–Crippen MR) is 109 cm³/mol. The van der Waals surface area contributed by atoms with Gasteiger partial charge in [0.25, 0.3) is 0 Å². The van der Waals surface area contributed by atoms with E-state index >= 15 is 0 Å². The minimum atomic E-state index is -0.0209. The molecule has 29 heavy (non-hydrogen) atoms. The van der Waals surface area contributed by atoms with E-state index in [2.05, 4.69) is 42.8 Å². The maximum atomic E-state index is 5.45. The van der Waals surface area contributed by atoms with Gasteiger partial charge in [-0.05, 0) is 36.8 Å². The third-order valence-corrected chi connectivity index (χ3v) is 4.66. The number of aromatic nitrogens is 6. The molecule has 0 saturated heterocycles. The average Bonchev–Trinajstić information content (AvgIpc) is 3.27. The Labute approximate surface area is 167 Å². The van der Waals surface area contributed by atoms with Crippen LogP contribution < -0.4 is 14.8 Å². The van der Waals surface area contributed by atoms with Gasteiger partial charge in [-0.15, -0.1) is 10.2 Å². The third-order valence-electron chi connectivity index (χ3n) is 4.66. The van der Waals surface area contributed by atoms with Crippen molar-refractivity contribution in [1.29, 1.82) is 0 Å². The second-order valence-corrected chi connectivity index (χ2v) is 6.57. The summed E-state index contributed by atoms with van der Waals surface area (Å²) in [5, 5.41) is 18.5. The average molecular weight is 391 g/mol. The van der Waals surface area contributed by atoms with Gasteiger partial charge in [0.05, 0.1) is 19.7 Å².